The molecular weight excluding hydrogens is 336 g/mol. The van der Waals surface area contributed by atoms with Gasteiger partial charge in [-0.2, -0.15) is 0 Å². The van der Waals surface area contributed by atoms with Gasteiger partial charge in [0.15, 0.2) is 5.79 Å². The van der Waals surface area contributed by atoms with Gasteiger partial charge >= 0.3 is 5.97 Å². The van der Waals surface area contributed by atoms with E-state index in [1.165, 1.54) is 7.11 Å². The number of hydrogen-bond acceptors (Lipinski definition) is 6. The zero-order valence-corrected chi connectivity index (χ0v) is 15.7. The molecule has 1 aliphatic heterocycles. The number of methoxy groups -OCH3 is 1. The SMILES string of the molecule is COC(=O)C[C@H]1C[C@@H](C[C@@H](CC=O)OCc2ccccc2)OC(C)(C)O1. The molecule has 1 aromatic carbocycles. The summed E-state index contributed by atoms with van der Waals surface area (Å²) in [4.78, 5) is 22.6. The first kappa shape index (κ1) is 20.6. The van der Waals surface area contributed by atoms with Gasteiger partial charge in [0.05, 0.1) is 38.4 Å². The first-order chi connectivity index (χ1) is 12.4. The smallest absolute Gasteiger partial charge is 0.308 e. The lowest BCUT2D eigenvalue weighted by molar-refractivity contribution is -0.303. The summed E-state index contributed by atoms with van der Waals surface area (Å²) >= 11 is 0. The Bertz CT molecular complexity index is 571. The van der Waals surface area contributed by atoms with Gasteiger partial charge in [-0.25, -0.2) is 0 Å². The summed E-state index contributed by atoms with van der Waals surface area (Å²) in [6, 6.07) is 9.83. The predicted molar refractivity (Wildman–Crippen MR) is 95.4 cm³/mol. The van der Waals surface area contributed by atoms with E-state index in [-0.39, 0.29) is 30.7 Å². The topological polar surface area (TPSA) is 71.1 Å². The van der Waals surface area contributed by atoms with Crippen molar-refractivity contribution in [1.82, 2.24) is 0 Å². The van der Waals surface area contributed by atoms with Crippen LogP contribution in [-0.4, -0.2) is 43.5 Å². The molecule has 0 bridgehead atoms. The fraction of sp³-hybridized carbons (Fsp3) is 0.600. The van der Waals surface area contributed by atoms with Crippen molar-refractivity contribution in [3.63, 3.8) is 0 Å². The Morgan fingerprint density at radius 2 is 1.96 bits per heavy atom. The maximum atomic E-state index is 11.6. The molecule has 2 rings (SSSR count). The summed E-state index contributed by atoms with van der Waals surface area (Å²) in [5.41, 5.74) is 1.06. The fourth-order valence-corrected chi connectivity index (χ4v) is 3.18. The van der Waals surface area contributed by atoms with Crippen LogP contribution in [0, 0.1) is 0 Å². The van der Waals surface area contributed by atoms with Crippen molar-refractivity contribution in [3.05, 3.63) is 35.9 Å². The van der Waals surface area contributed by atoms with Gasteiger partial charge in [-0.1, -0.05) is 30.3 Å². The van der Waals surface area contributed by atoms with E-state index in [0.717, 1.165) is 11.8 Å². The number of ether oxygens (including phenoxy) is 4. The average Bonchev–Trinajstić information content (AvgIpc) is 2.59. The monoisotopic (exact) mass is 364 g/mol. The lowest BCUT2D eigenvalue weighted by atomic mass is 9.99. The van der Waals surface area contributed by atoms with Gasteiger partial charge in [0.2, 0.25) is 0 Å². The molecule has 6 heteroatoms. The summed E-state index contributed by atoms with van der Waals surface area (Å²) in [5, 5.41) is 0. The van der Waals surface area contributed by atoms with Crippen molar-refractivity contribution in [2.45, 2.75) is 70.2 Å². The quantitative estimate of drug-likeness (QED) is 0.495. The normalized spacial score (nSPS) is 23.2. The minimum atomic E-state index is -0.799. The standard InChI is InChI=1S/C20H28O6/c1-20(2)25-17(12-18(26-20)13-19(22)23-3)11-16(9-10-21)24-14-15-7-5-4-6-8-15/h4-8,10,16-18H,9,11-14H2,1-3H3/t16-,17-,18-/m1/s1. The molecule has 0 N–H and O–H groups in total. The third-order valence-electron chi connectivity index (χ3n) is 4.26. The van der Waals surface area contributed by atoms with Gasteiger partial charge < -0.3 is 23.7 Å². The molecule has 0 radical (unpaired) electrons. The lowest BCUT2D eigenvalue weighted by Crippen LogP contribution is -2.46. The minimum Gasteiger partial charge on any atom is -0.469 e. The summed E-state index contributed by atoms with van der Waals surface area (Å²) in [7, 11) is 1.36. The second kappa shape index (κ2) is 9.80. The highest BCUT2D eigenvalue weighted by molar-refractivity contribution is 5.69. The predicted octanol–water partition coefficient (Wildman–Crippen LogP) is 3.02. The number of carbonyl (C=O) groups is 2. The molecule has 1 aliphatic rings. The molecule has 1 heterocycles. The van der Waals surface area contributed by atoms with E-state index in [0.29, 0.717) is 25.9 Å². The van der Waals surface area contributed by atoms with E-state index in [4.69, 9.17) is 18.9 Å². The highest BCUT2D eigenvalue weighted by Gasteiger charge is 2.37. The molecule has 0 saturated carbocycles. The van der Waals surface area contributed by atoms with E-state index >= 15 is 0 Å². The van der Waals surface area contributed by atoms with Crippen LogP contribution in [-0.2, 0) is 35.1 Å². The molecule has 1 aromatic rings. The molecule has 1 fully saturated rings. The summed E-state index contributed by atoms with van der Waals surface area (Å²) in [6.45, 7) is 4.09. The highest BCUT2D eigenvalue weighted by atomic mass is 16.7. The van der Waals surface area contributed by atoms with Crippen LogP contribution < -0.4 is 0 Å². The Hall–Kier alpha value is -1.76. The van der Waals surface area contributed by atoms with Gasteiger partial charge in [0.1, 0.15) is 6.29 Å². The molecule has 3 atom stereocenters. The van der Waals surface area contributed by atoms with E-state index in [9.17, 15) is 9.59 Å². The van der Waals surface area contributed by atoms with Crippen LogP contribution in [0.25, 0.3) is 0 Å². The van der Waals surface area contributed by atoms with Crippen LogP contribution in [0.2, 0.25) is 0 Å². The van der Waals surface area contributed by atoms with Crippen molar-refractivity contribution in [1.29, 1.82) is 0 Å². The first-order valence-corrected chi connectivity index (χ1v) is 8.93. The van der Waals surface area contributed by atoms with E-state index in [1.807, 2.05) is 44.2 Å². The molecule has 0 aromatic heterocycles. The molecule has 1 saturated heterocycles. The largest absolute Gasteiger partial charge is 0.469 e. The molecule has 144 valence electrons. The third-order valence-corrected chi connectivity index (χ3v) is 4.26. The fourth-order valence-electron chi connectivity index (χ4n) is 3.18. The lowest BCUT2D eigenvalue weighted by Gasteiger charge is -2.41. The minimum absolute atomic E-state index is 0.158. The molecule has 0 spiro atoms. The Labute approximate surface area is 154 Å². The molecule has 6 nitrogen and oxygen atoms in total. The highest BCUT2D eigenvalue weighted by Crippen LogP contribution is 2.31. The van der Waals surface area contributed by atoms with Crippen LogP contribution in [0.4, 0.5) is 0 Å². The van der Waals surface area contributed by atoms with E-state index in [2.05, 4.69) is 0 Å². The Kier molecular flexibility index (Phi) is 7.75. The van der Waals surface area contributed by atoms with Gasteiger partial charge in [0, 0.05) is 19.3 Å². The van der Waals surface area contributed by atoms with Crippen molar-refractivity contribution >= 4 is 12.3 Å². The second-order valence-electron chi connectivity index (χ2n) is 6.95. The number of aldehydes is 1. The number of carbonyl (C=O) groups excluding carboxylic acids is 2. The van der Waals surface area contributed by atoms with Crippen molar-refractivity contribution in [2.75, 3.05) is 7.11 Å². The van der Waals surface area contributed by atoms with Gasteiger partial charge in [-0.05, 0) is 19.4 Å². The Morgan fingerprint density at radius 1 is 1.27 bits per heavy atom. The number of esters is 1. The number of hydrogen-bond donors (Lipinski definition) is 0. The zero-order chi connectivity index (χ0) is 19.0. The molecule has 0 unspecified atom stereocenters. The van der Waals surface area contributed by atoms with Crippen molar-refractivity contribution in [3.8, 4) is 0 Å². The summed E-state index contributed by atoms with van der Waals surface area (Å²) in [5.74, 6) is -1.11. The number of rotatable bonds is 9. The van der Waals surface area contributed by atoms with E-state index < -0.39 is 5.79 Å². The zero-order valence-electron chi connectivity index (χ0n) is 15.7. The third kappa shape index (κ3) is 6.86. The van der Waals surface area contributed by atoms with Crippen molar-refractivity contribution in [2.24, 2.45) is 0 Å². The average molecular weight is 364 g/mol. The Morgan fingerprint density at radius 3 is 2.62 bits per heavy atom. The number of benzene rings is 1. The molecule has 0 aliphatic carbocycles. The summed E-state index contributed by atoms with van der Waals surface area (Å²) in [6.07, 6.45) is 1.80. The Balaban J connectivity index is 1.94. The van der Waals surface area contributed by atoms with Crippen LogP contribution in [0.5, 0.6) is 0 Å². The van der Waals surface area contributed by atoms with Gasteiger partial charge in [-0.15, -0.1) is 0 Å². The molecule has 0 amide bonds. The van der Waals surface area contributed by atoms with E-state index in [1.54, 1.807) is 0 Å². The maximum Gasteiger partial charge on any atom is 0.308 e. The molecule has 26 heavy (non-hydrogen) atoms. The van der Waals surface area contributed by atoms with Crippen molar-refractivity contribution < 1.29 is 28.5 Å². The maximum absolute atomic E-state index is 11.6. The first-order valence-electron chi connectivity index (χ1n) is 8.93. The second-order valence-corrected chi connectivity index (χ2v) is 6.95. The summed E-state index contributed by atoms with van der Waals surface area (Å²) < 4.78 is 22.5. The van der Waals surface area contributed by atoms with Crippen LogP contribution >= 0.6 is 0 Å². The van der Waals surface area contributed by atoms with Crippen LogP contribution in [0.3, 0.4) is 0 Å². The van der Waals surface area contributed by atoms with Crippen LogP contribution in [0.15, 0.2) is 30.3 Å². The van der Waals surface area contributed by atoms with Gasteiger partial charge in [0.25, 0.3) is 0 Å². The van der Waals surface area contributed by atoms with Crippen LogP contribution in [0.1, 0.15) is 45.1 Å². The van der Waals surface area contributed by atoms with Gasteiger partial charge in [-0.3, -0.25) is 4.79 Å². The molecular formula is C20H28O6.